The van der Waals surface area contributed by atoms with Crippen molar-refractivity contribution in [2.75, 3.05) is 19.6 Å². The third-order valence-electron chi connectivity index (χ3n) is 3.36. The predicted molar refractivity (Wildman–Crippen MR) is 70.9 cm³/mol. The van der Waals surface area contributed by atoms with E-state index in [2.05, 4.69) is 28.2 Å². The monoisotopic (exact) mass is 244 g/mol. The fourth-order valence-corrected chi connectivity index (χ4v) is 2.17. The first-order chi connectivity index (χ1) is 8.85. The Labute approximate surface area is 109 Å². The molecule has 1 aromatic heterocycles. The summed E-state index contributed by atoms with van der Waals surface area (Å²) in [5.74, 6) is 0. The Bertz CT molecular complexity index is 420. The summed E-state index contributed by atoms with van der Waals surface area (Å²) in [6.07, 6.45) is 4.37. The summed E-state index contributed by atoms with van der Waals surface area (Å²) in [5.41, 5.74) is 1.51. The average molecular weight is 244 g/mol. The summed E-state index contributed by atoms with van der Waals surface area (Å²) in [6, 6.07) is 6.78. The van der Waals surface area contributed by atoms with E-state index in [9.17, 15) is 0 Å². The van der Waals surface area contributed by atoms with Gasteiger partial charge in [0.1, 0.15) is 11.8 Å². The molecule has 0 aliphatic heterocycles. The van der Waals surface area contributed by atoms with Crippen molar-refractivity contribution in [1.82, 2.24) is 15.2 Å². The van der Waals surface area contributed by atoms with Crippen molar-refractivity contribution >= 4 is 0 Å². The number of nitrogens with zero attached hydrogens (tertiary/aromatic N) is 3. The van der Waals surface area contributed by atoms with Crippen LogP contribution in [0.5, 0.6) is 0 Å². The van der Waals surface area contributed by atoms with Crippen LogP contribution in [0.25, 0.3) is 0 Å². The number of hydrogen-bond acceptors (Lipinski definition) is 4. The highest BCUT2D eigenvalue weighted by atomic mass is 15.2. The first-order valence-electron chi connectivity index (χ1n) is 6.64. The second kappa shape index (κ2) is 6.48. The molecule has 1 aliphatic rings. The standard InChI is InChI=1S/C14H20N4/c1-2-18(13-5-6-13)9-8-16-11-12-4-3-7-17-14(12)10-15/h3-4,7,13,16H,2,5-6,8-9,11H2,1H3. The van der Waals surface area contributed by atoms with E-state index in [1.807, 2.05) is 12.1 Å². The normalized spacial score (nSPS) is 14.7. The molecule has 1 N–H and O–H groups in total. The van der Waals surface area contributed by atoms with Gasteiger partial charge in [0.05, 0.1) is 0 Å². The molecule has 0 amide bonds. The number of aromatic nitrogens is 1. The molecular weight excluding hydrogens is 224 g/mol. The highest BCUT2D eigenvalue weighted by molar-refractivity contribution is 5.30. The summed E-state index contributed by atoms with van der Waals surface area (Å²) in [6.45, 7) is 6.11. The van der Waals surface area contributed by atoms with Crippen molar-refractivity contribution in [2.45, 2.75) is 32.4 Å². The van der Waals surface area contributed by atoms with Gasteiger partial charge in [-0.1, -0.05) is 13.0 Å². The van der Waals surface area contributed by atoms with Crippen LogP contribution in [-0.2, 0) is 6.54 Å². The highest BCUT2D eigenvalue weighted by Crippen LogP contribution is 2.25. The van der Waals surface area contributed by atoms with Gasteiger partial charge in [0, 0.05) is 37.4 Å². The fraction of sp³-hybridized carbons (Fsp3) is 0.571. The van der Waals surface area contributed by atoms with E-state index < -0.39 is 0 Å². The minimum atomic E-state index is 0.527. The Kier molecular flexibility index (Phi) is 4.68. The molecule has 1 saturated carbocycles. The maximum atomic E-state index is 8.93. The van der Waals surface area contributed by atoms with E-state index in [1.165, 1.54) is 12.8 Å². The molecule has 0 unspecified atom stereocenters. The van der Waals surface area contributed by atoms with Gasteiger partial charge in [0.15, 0.2) is 0 Å². The summed E-state index contributed by atoms with van der Waals surface area (Å²) in [5, 5.41) is 12.3. The number of pyridine rings is 1. The third kappa shape index (κ3) is 3.52. The Morgan fingerprint density at radius 3 is 3.06 bits per heavy atom. The van der Waals surface area contributed by atoms with Gasteiger partial charge in [0.25, 0.3) is 0 Å². The number of nitrogens with one attached hydrogen (secondary N) is 1. The third-order valence-corrected chi connectivity index (χ3v) is 3.36. The fourth-order valence-electron chi connectivity index (χ4n) is 2.17. The van der Waals surface area contributed by atoms with Crippen LogP contribution in [0.4, 0.5) is 0 Å². The second-order valence-electron chi connectivity index (χ2n) is 4.66. The zero-order valence-corrected chi connectivity index (χ0v) is 10.9. The van der Waals surface area contributed by atoms with Crippen molar-refractivity contribution in [1.29, 1.82) is 5.26 Å². The van der Waals surface area contributed by atoms with Gasteiger partial charge >= 0.3 is 0 Å². The van der Waals surface area contributed by atoms with E-state index in [0.29, 0.717) is 5.69 Å². The predicted octanol–water partition coefficient (Wildman–Crippen LogP) is 1.53. The zero-order valence-electron chi connectivity index (χ0n) is 10.9. The lowest BCUT2D eigenvalue weighted by atomic mass is 10.2. The smallest absolute Gasteiger partial charge is 0.144 e. The summed E-state index contributed by atoms with van der Waals surface area (Å²) in [7, 11) is 0. The molecule has 0 atom stereocenters. The van der Waals surface area contributed by atoms with Gasteiger partial charge in [-0.2, -0.15) is 5.26 Å². The van der Waals surface area contributed by atoms with Gasteiger partial charge in [-0.05, 0) is 25.5 Å². The van der Waals surface area contributed by atoms with Gasteiger partial charge in [-0.3, -0.25) is 4.90 Å². The maximum Gasteiger partial charge on any atom is 0.144 e. The largest absolute Gasteiger partial charge is 0.311 e. The van der Waals surface area contributed by atoms with Crippen molar-refractivity contribution < 1.29 is 0 Å². The molecule has 0 spiro atoms. The Morgan fingerprint density at radius 2 is 2.39 bits per heavy atom. The molecule has 1 aliphatic carbocycles. The van der Waals surface area contributed by atoms with Gasteiger partial charge in [-0.25, -0.2) is 4.98 Å². The molecule has 1 aromatic rings. The molecule has 0 saturated heterocycles. The molecule has 4 heteroatoms. The van der Waals surface area contributed by atoms with E-state index in [-0.39, 0.29) is 0 Å². The molecule has 0 radical (unpaired) electrons. The summed E-state index contributed by atoms with van der Waals surface area (Å²) in [4.78, 5) is 6.57. The zero-order chi connectivity index (χ0) is 12.8. The van der Waals surface area contributed by atoms with Crippen molar-refractivity contribution in [3.05, 3.63) is 29.6 Å². The van der Waals surface area contributed by atoms with Gasteiger partial charge < -0.3 is 5.32 Å². The van der Waals surface area contributed by atoms with Crippen LogP contribution in [0.15, 0.2) is 18.3 Å². The quantitative estimate of drug-likeness (QED) is 0.739. The lowest BCUT2D eigenvalue weighted by Gasteiger charge is -2.19. The molecule has 18 heavy (non-hydrogen) atoms. The number of nitriles is 1. The van der Waals surface area contributed by atoms with E-state index in [1.54, 1.807) is 6.20 Å². The molecule has 2 rings (SSSR count). The Hall–Kier alpha value is -1.44. The first kappa shape index (κ1) is 13.0. The molecule has 0 aromatic carbocycles. The molecule has 4 nitrogen and oxygen atoms in total. The maximum absolute atomic E-state index is 8.93. The highest BCUT2D eigenvalue weighted by Gasteiger charge is 2.26. The Balaban J connectivity index is 1.73. The summed E-state index contributed by atoms with van der Waals surface area (Å²) < 4.78 is 0. The van der Waals surface area contributed by atoms with Gasteiger partial charge in [0.2, 0.25) is 0 Å². The van der Waals surface area contributed by atoms with Crippen LogP contribution in [-0.4, -0.2) is 35.6 Å². The molecule has 0 bridgehead atoms. The van der Waals surface area contributed by atoms with Crippen LogP contribution >= 0.6 is 0 Å². The minimum absolute atomic E-state index is 0.527. The minimum Gasteiger partial charge on any atom is -0.311 e. The molecule has 96 valence electrons. The van der Waals surface area contributed by atoms with Gasteiger partial charge in [-0.15, -0.1) is 0 Å². The Morgan fingerprint density at radius 1 is 1.56 bits per heavy atom. The van der Waals surface area contributed by atoms with Crippen LogP contribution in [0, 0.1) is 11.3 Å². The van der Waals surface area contributed by atoms with E-state index in [0.717, 1.165) is 37.8 Å². The second-order valence-corrected chi connectivity index (χ2v) is 4.66. The van der Waals surface area contributed by atoms with Crippen LogP contribution in [0.3, 0.4) is 0 Å². The lowest BCUT2D eigenvalue weighted by molar-refractivity contribution is 0.277. The van der Waals surface area contributed by atoms with Crippen LogP contribution in [0.2, 0.25) is 0 Å². The first-order valence-corrected chi connectivity index (χ1v) is 6.64. The summed E-state index contributed by atoms with van der Waals surface area (Å²) >= 11 is 0. The molecule has 1 fully saturated rings. The van der Waals surface area contributed by atoms with Crippen molar-refractivity contribution in [2.24, 2.45) is 0 Å². The van der Waals surface area contributed by atoms with Crippen molar-refractivity contribution in [3.8, 4) is 6.07 Å². The van der Waals surface area contributed by atoms with Crippen LogP contribution < -0.4 is 5.32 Å². The lowest BCUT2D eigenvalue weighted by Crippen LogP contribution is -2.33. The molecular formula is C14H20N4. The number of likely N-dealkylation sites (N-methyl/N-ethyl adjacent to an activating group) is 1. The number of hydrogen-bond donors (Lipinski definition) is 1. The SMILES string of the molecule is CCN(CCNCc1cccnc1C#N)C1CC1. The van der Waals surface area contributed by atoms with Crippen LogP contribution in [0.1, 0.15) is 31.0 Å². The van der Waals surface area contributed by atoms with E-state index >= 15 is 0 Å². The topological polar surface area (TPSA) is 52.0 Å². The number of rotatable bonds is 7. The van der Waals surface area contributed by atoms with Crippen molar-refractivity contribution in [3.63, 3.8) is 0 Å². The average Bonchev–Trinajstić information content (AvgIpc) is 3.24. The van der Waals surface area contributed by atoms with E-state index in [4.69, 9.17) is 5.26 Å². The molecule has 1 heterocycles.